The molecule has 0 bridgehead atoms. The average Bonchev–Trinajstić information content (AvgIpc) is 1.98. The molecule has 15 heavy (non-hydrogen) atoms. The molecule has 0 saturated carbocycles. The second-order valence-corrected chi connectivity index (χ2v) is 4.54. The molecule has 1 rings (SSSR count). The molecule has 1 unspecified atom stereocenters. The van der Waals surface area contributed by atoms with Crippen molar-refractivity contribution in [1.29, 1.82) is 0 Å². The summed E-state index contributed by atoms with van der Waals surface area (Å²) in [7, 11) is 0. The first-order valence-corrected chi connectivity index (χ1v) is 5.54. The first kappa shape index (κ1) is 12.6. The zero-order chi connectivity index (χ0) is 11.4. The summed E-state index contributed by atoms with van der Waals surface area (Å²) in [5.74, 6) is 0.900. The predicted molar refractivity (Wildman–Crippen MR) is 62.4 cm³/mol. The minimum atomic E-state index is 0.0324. The molecule has 1 atom stereocenters. The van der Waals surface area contributed by atoms with Crippen LogP contribution in [0, 0.1) is 0 Å². The Hall–Kier alpha value is -0.490. The Balaban J connectivity index is 2.57. The number of nitrogens with zero attached hydrogens (tertiary/aromatic N) is 1. The first-order chi connectivity index (χ1) is 6.97. The summed E-state index contributed by atoms with van der Waals surface area (Å²) in [6, 6.07) is 0.758. The standard InChI is InChI=1S/C9H20ClN5/c1-6(2)11-8-5-9(12-7(3)4)14-15(10)13-8/h5-8,11-14H,1-4H3. The summed E-state index contributed by atoms with van der Waals surface area (Å²) in [6.45, 7) is 8.33. The number of hydrogen-bond donors (Lipinski definition) is 4. The molecule has 0 aliphatic carbocycles. The van der Waals surface area contributed by atoms with E-state index in [1.54, 1.807) is 0 Å². The molecule has 5 nitrogen and oxygen atoms in total. The lowest BCUT2D eigenvalue weighted by Crippen LogP contribution is -2.58. The Bertz CT molecular complexity index is 229. The van der Waals surface area contributed by atoms with Crippen molar-refractivity contribution in [3.63, 3.8) is 0 Å². The third kappa shape index (κ3) is 4.70. The van der Waals surface area contributed by atoms with E-state index < -0.39 is 0 Å². The topological polar surface area (TPSA) is 51.4 Å². The lowest BCUT2D eigenvalue weighted by atomic mass is 10.3. The van der Waals surface area contributed by atoms with Crippen LogP contribution in [0.25, 0.3) is 0 Å². The van der Waals surface area contributed by atoms with Gasteiger partial charge >= 0.3 is 0 Å². The average molecular weight is 234 g/mol. The maximum atomic E-state index is 5.86. The van der Waals surface area contributed by atoms with Crippen molar-refractivity contribution in [2.24, 2.45) is 0 Å². The molecule has 0 aromatic carbocycles. The van der Waals surface area contributed by atoms with Crippen LogP contribution in [0.5, 0.6) is 0 Å². The number of nitrogens with one attached hydrogen (secondary N) is 4. The molecule has 0 amide bonds. The van der Waals surface area contributed by atoms with Crippen LogP contribution in [0.4, 0.5) is 0 Å². The van der Waals surface area contributed by atoms with Gasteiger partial charge < -0.3 is 5.32 Å². The van der Waals surface area contributed by atoms with Gasteiger partial charge in [0.2, 0.25) is 0 Å². The minimum absolute atomic E-state index is 0.0324. The van der Waals surface area contributed by atoms with Gasteiger partial charge in [-0.25, -0.2) is 5.43 Å². The van der Waals surface area contributed by atoms with Crippen molar-refractivity contribution in [3.05, 3.63) is 11.9 Å². The van der Waals surface area contributed by atoms with E-state index in [0.717, 1.165) is 5.82 Å². The van der Waals surface area contributed by atoms with Crippen molar-refractivity contribution in [2.45, 2.75) is 45.9 Å². The van der Waals surface area contributed by atoms with Crippen LogP contribution in [0.15, 0.2) is 11.9 Å². The molecule has 0 aromatic heterocycles. The summed E-state index contributed by atoms with van der Waals surface area (Å²) in [5.41, 5.74) is 5.96. The van der Waals surface area contributed by atoms with Crippen LogP contribution < -0.4 is 21.5 Å². The molecule has 0 saturated heterocycles. The highest BCUT2D eigenvalue weighted by molar-refractivity contribution is 6.12. The lowest BCUT2D eigenvalue weighted by molar-refractivity contribution is 0.197. The van der Waals surface area contributed by atoms with E-state index in [2.05, 4.69) is 49.2 Å². The van der Waals surface area contributed by atoms with Crippen LogP contribution in [-0.4, -0.2) is 22.9 Å². The molecular formula is C9H20ClN5. The van der Waals surface area contributed by atoms with Crippen LogP contribution in [0.1, 0.15) is 27.7 Å². The van der Waals surface area contributed by atoms with E-state index in [-0.39, 0.29) is 6.17 Å². The van der Waals surface area contributed by atoms with Gasteiger partial charge in [-0.15, -0.1) is 0 Å². The second kappa shape index (κ2) is 5.55. The maximum Gasteiger partial charge on any atom is 0.114 e. The highest BCUT2D eigenvalue weighted by atomic mass is 35.5. The first-order valence-electron chi connectivity index (χ1n) is 5.20. The Labute approximate surface area is 96.3 Å². The third-order valence-corrected chi connectivity index (χ3v) is 1.94. The van der Waals surface area contributed by atoms with Gasteiger partial charge in [-0.05, 0) is 33.8 Å². The van der Waals surface area contributed by atoms with Gasteiger partial charge in [0.25, 0.3) is 0 Å². The van der Waals surface area contributed by atoms with Gasteiger partial charge in [0, 0.05) is 23.9 Å². The van der Waals surface area contributed by atoms with Crippen LogP contribution in [0.3, 0.4) is 0 Å². The van der Waals surface area contributed by atoms with Gasteiger partial charge in [-0.1, -0.05) is 4.64 Å². The van der Waals surface area contributed by atoms with Crippen molar-refractivity contribution in [3.8, 4) is 0 Å². The van der Waals surface area contributed by atoms with E-state index in [1.165, 1.54) is 4.64 Å². The van der Waals surface area contributed by atoms with Gasteiger partial charge in [0.05, 0.1) is 6.17 Å². The summed E-state index contributed by atoms with van der Waals surface area (Å²) < 4.78 is 1.32. The summed E-state index contributed by atoms with van der Waals surface area (Å²) in [6.07, 6.45) is 2.06. The SMILES string of the molecule is CC(C)NC1=CC(NC(C)C)NN(Cl)N1. The number of halogens is 1. The lowest BCUT2D eigenvalue weighted by Gasteiger charge is -2.32. The fourth-order valence-corrected chi connectivity index (χ4v) is 1.53. The predicted octanol–water partition coefficient (Wildman–Crippen LogP) is 0.628. The van der Waals surface area contributed by atoms with Gasteiger partial charge in [0.1, 0.15) is 5.82 Å². The molecule has 0 fully saturated rings. The Kier molecular flexibility index (Phi) is 4.66. The minimum Gasteiger partial charge on any atom is -0.369 e. The third-order valence-electron chi connectivity index (χ3n) is 1.76. The Morgan fingerprint density at radius 1 is 1.33 bits per heavy atom. The molecule has 0 aromatic rings. The molecule has 1 heterocycles. The van der Waals surface area contributed by atoms with Crippen molar-refractivity contribution >= 4 is 11.8 Å². The zero-order valence-electron chi connectivity index (χ0n) is 9.63. The number of hydrazine groups is 2. The van der Waals surface area contributed by atoms with E-state index in [9.17, 15) is 0 Å². The van der Waals surface area contributed by atoms with Crippen molar-refractivity contribution in [1.82, 2.24) is 26.1 Å². The molecule has 0 radical (unpaired) electrons. The normalized spacial score (nSPS) is 22.9. The van der Waals surface area contributed by atoms with Crippen LogP contribution >= 0.6 is 11.8 Å². The highest BCUT2D eigenvalue weighted by Crippen LogP contribution is 2.01. The van der Waals surface area contributed by atoms with Gasteiger partial charge in [-0.3, -0.25) is 10.7 Å². The molecule has 0 spiro atoms. The molecule has 1 aliphatic heterocycles. The molecule has 4 N–H and O–H groups in total. The largest absolute Gasteiger partial charge is 0.369 e. The van der Waals surface area contributed by atoms with Gasteiger partial charge in [-0.2, -0.15) is 0 Å². The quantitative estimate of drug-likeness (QED) is 0.537. The van der Waals surface area contributed by atoms with Gasteiger partial charge in [0.15, 0.2) is 0 Å². The molecule has 88 valence electrons. The fourth-order valence-electron chi connectivity index (χ4n) is 1.34. The summed E-state index contributed by atoms with van der Waals surface area (Å²) >= 11 is 5.86. The van der Waals surface area contributed by atoms with E-state index in [0.29, 0.717) is 12.1 Å². The second-order valence-electron chi connectivity index (χ2n) is 4.20. The van der Waals surface area contributed by atoms with Crippen molar-refractivity contribution < 1.29 is 0 Å². The maximum absolute atomic E-state index is 5.86. The Morgan fingerprint density at radius 3 is 2.53 bits per heavy atom. The van der Waals surface area contributed by atoms with Crippen LogP contribution in [0.2, 0.25) is 0 Å². The van der Waals surface area contributed by atoms with Crippen molar-refractivity contribution in [2.75, 3.05) is 0 Å². The van der Waals surface area contributed by atoms with E-state index in [4.69, 9.17) is 11.8 Å². The molecule has 6 heteroatoms. The zero-order valence-corrected chi connectivity index (χ0v) is 10.4. The number of rotatable bonds is 4. The molecular weight excluding hydrogens is 214 g/mol. The summed E-state index contributed by atoms with van der Waals surface area (Å²) in [4.78, 5) is 0. The number of hydrogen-bond acceptors (Lipinski definition) is 5. The molecule has 1 aliphatic rings. The van der Waals surface area contributed by atoms with E-state index >= 15 is 0 Å². The fraction of sp³-hybridized carbons (Fsp3) is 0.778. The van der Waals surface area contributed by atoms with E-state index in [1.807, 2.05) is 6.08 Å². The Morgan fingerprint density at radius 2 is 2.00 bits per heavy atom. The highest BCUT2D eigenvalue weighted by Gasteiger charge is 2.18. The monoisotopic (exact) mass is 233 g/mol. The summed E-state index contributed by atoms with van der Waals surface area (Å²) in [5, 5.41) is 6.58. The van der Waals surface area contributed by atoms with Crippen LogP contribution in [-0.2, 0) is 0 Å². The smallest absolute Gasteiger partial charge is 0.114 e.